The maximum absolute atomic E-state index is 12.4. The molecule has 2 aromatic rings. The average molecular weight is 434 g/mol. The van der Waals surface area contributed by atoms with Crippen molar-refractivity contribution in [3.63, 3.8) is 0 Å². The van der Waals surface area contributed by atoms with Gasteiger partial charge in [0.2, 0.25) is 5.88 Å². The molecule has 0 aromatic carbocycles. The van der Waals surface area contributed by atoms with Crippen molar-refractivity contribution in [2.75, 3.05) is 13.7 Å². The van der Waals surface area contributed by atoms with Crippen LogP contribution in [0.2, 0.25) is 0 Å². The molecule has 0 unspecified atom stereocenters. The molecule has 7 nitrogen and oxygen atoms in total. The van der Waals surface area contributed by atoms with E-state index in [0.29, 0.717) is 5.88 Å². The van der Waals surface area contributed by atoms with E-state index >= 15 is 0 Å². The lowest BCUT2D eigenvalue weighted by Gasteiger charge is -2.35. The molecular formula is C22H31N3O4S. The fraction of sp³-hybridized carbons (Fsp3) is 0.682. The first kappa shape index (κ1) is 21.3. The van der Waals surface area contributed by atoms with Crippen molar-refractivity contribution in [2.24, 2.45) is 0 Å². The number of hydrogen-bond acceptors (Lipinski definition) is 7. The number of hydrogen-bond donors (Lipinski definition) is 1. The third-order valence-corrected chi connectivity index (χ3v) is 7.24. The molecule has 1 atom stereocenters. The third kappa shape index (κ3) is 4.25. The maximum Gasteiger partial charge on any atom is 0.410 e. The van der Waals surface area contributed by atoms with Crippen molar-refractivity contribution in [3.05, 3.63) is 16.8 Å². The largest absolute Gasteiger partial charge is 0.474 e. The van der Waals surface area contributed by atoms with Crippen molar-refractivity contribution in [2.45, 2.75) is 83.0 Å². The lowest BCUT2D eigenvalue weighted by Crippen LogP contribution is -2.43. The Hall–Kier alpha value is -1.93. The summed E-state index contributed by atoms with van der Waals surface area (Å²) in [4.78, 5) is 25.2. The van der Waals surface area contributed by atoms with Crippen molar-refractivity contribution in [3.8, 4) is 5.88 Å². The fourth-order valence-corrected chi connectivity index (χ4v) is 5.73. The number of aliphatic hydroxyl groups is 1. The van der Waals surface area contributed by atoms with Crippen LogP contribution >= 0.6 is 11.3 Å². The zero-order chi connectivity index (χ0) is 21.5. The standard InChI is InChI=1S/C22H31N3O4S/c1-22(2,3)29-21(27)25(4)14-6-8-15(9-7-14)28-19-18-17-13(11-26)5-10-16(17)30-20(18)24-12-23-19/h12-15,26H,5-11H2,1-4H3/t13-,14?,15?/m0/s1. The number of rotatable bonds is 4. The van der Waals surface area contributed by atoms with E-state index in [2.05, 4.69) is 9.97 Å². The molecule has 1 saturated carbocycles. The zero-order valence-electron chi connectivity index (χ0n) is 18.2. The summed E-state index contributed by atoms with van der Waals surface area (Å²) < 4.78 is 11.9. The monoisotopic (exact) mass is 433 g/mol. The summed E-state index contributed by atoms with van der Waals surface area (Å²) >= 11 is 1.69. The highest BCUT2D eigenvalue weighted by atomic mass is 32.1. The minimum Gasteiger partial charge on any atom is -0.474 e. The van der Waals surface area contributed by atoms with Crippen LogP contribution in [0, 0.1) is 0 Å². The molecule has 4 rings (SSSR count). The van der Waals surface area contributed by atoms with Gasteiger partial charge in [0, 0.05) is 23.9 Å². The van der Waals surface area contributed by atoms with E-state index in [1.807, 2.05) is 27.8 Å². The highest BCUT2D eigenvalue weighted by Gasteiger charge is 2.33. The second-order valence-corrected chi connectivity index (χ2v) is 10.4. The maximum atomic E-state index is 12.4. The van der Waals surface area contributed by atoms with E-state index in [9.17, 15) is 9.90 Å². The van der Waals surface area contributed by atoms with Crippen LogP contribution in [0.15, 0.2) is 6.33 Å². The van der Waals surface area contributed by atoms with Gasteiger partial charge in [-0.05, 0) is 64.9 Å². The number of thiophene rings is 1. The van der Waals surface area contributed by atoms with E-state index in [1.54, 1.807) is 22.6 Å². The quantitative estimate of drug-likeness (QED) is 0.775. The summed E-state index contributed by atoms with van der Waals surface area (Å²) in [7, 11) is 1.82. The highest BCUT2D eigenvalue weighted by Crippen LogP contribution is 2.46. The number of amides is 1. The van der Waals surface area contributed by atoms with Gasteiger partial charge in [0.25, 0.3) is 0 Å². The number of carbonyl (C=O) groups excluding carboxylic acids is 1. The second-order valence-electron chi connectivity index (χ2n) is 9.36. The van der Waals surface area contributed by atoms with E-state index in [0.717, 1.165) is 48.7 Å². The van der Waals surface area contributed by atoms with Crippen LogP contribution in [-0.2, 0) is 11.2 Å². The van der Waals surface area contributed by atoms with Crippen LogP contribution in [0.3, 0.4) is 0 Å². The Morgan fingerprint density at radius 1 is 1.23 bits per heavy atom. The Bertz CT molecular complexity index is 915. The molecule has 2 aliphatic carbocycles. The van der Waals surface area contributed by atoms with Crippen molar-refractivity contribution in [1.29, 1.82) is 0 Å². The van der Waals surface area contributed by atoms with E-state index in [4.69, 9.17) is 9.47 Å². The summed E-state index contributed by atoms with van der Waals surface area (Å²) in [5.41, 5.74) is 0.698. The summed E-state index contributed by atoms with van der Waals surface area (Å²) in [6.45, 7) is 5.80. The molecule has 2 heterocycles. The molecule has 1 N–H and O–H groups in total. The first-order valence-corrected chi connectivity index (χ1v) is 11.6. The number of fused-ring (bicyclic) bond motifs is 3. The number of ether oxygens (including phenoxy) is 2. The smallest absolute Gasteiger partial charge is 0.410 e. The minimum atomic E-state index is -0.489. The van der Waals surface area contributed by atoms with Gasteiger partial charge in [0.05, 0.1) is 12.0 Å². The first-order valence-electron chi connectivity index (χ1n) is 10.8. The Kier molecular flexibility index (Phi) is 5.90. The molecule has 0 radical (unpaired) electrons. The fourth-order valence-electron chi connectivity index (χ4n) is 4.50. The van der Waals surface area contributed by atoms with Crippen molar-refractivity contribution < 1.29 is 19.4 Å². The predicted octanol–water partition coefficient (Wildman–Crippen LogP) is 4.27. The SMILES string of the molecule is CN(C(=O)OC(C)(C)C)C1CCC(Oc2ncnc3sc4c(c23)[C@H](CO)CC4)CC1. The van der Waals surface area contributed by atoms with Crippen LogP contribution in [-0.4, -0.2) is 57.5 Å². The number of aryl methyl sites for hydroxylation is 1. The molecule has 30 heavy (non-hydrogen) atoms. The van der Waals surface area contributed by atoms with Gasteiger partial charge in [-0.1, -0.05) is 0 Å². The van der Waals surface area contributed by atoms with Gasteiger partial charge in [-0.15, -0.1) is 11.3 Å². The lowest BCUT2D eigenvalue weighted by molar-refractivity contribution is 0.0137. The molecule has 1 amide bonds. The van der Waals surface area contributed by atoms with Crippen LogP contribution in [0.4, 0.5) is 4.79 Å². The average Bonchev–Trinajstić information content (AvgIpc) is 3.26. The molecule has 2 aromatic heterocycles. The molecule has 0 bridgehead atoms. The van der Waals surface area contributed by atoms with Crippen LogP contribution in [0.1, 0.15) is 69.2 Å². The van der Waals surface area contributed by atoms with Crippen molar-refractivity contribution >= 4 is 27.6 Å². The van der Waals surface area contributed by atoms with E-state index in [-0.39, 0.29) is 30.8 Å². The summed E-state index contributed by atoms with van der Waals surface area (Å²) in [6, 6.07) is 0.161. The first-order chi connectivity index (χ1) is 14.3. The van der Waals surface area contributed by atoms with Gasteiger partial charge in [-0.2, -0.15) is 0 Å². The molecule has 0 aliphatic heterocycles. The van der Waals surface area contributed by atoms with Gasteiger partial charge < -0.3 is 19.5 Å². The van der Waals surface area contributed by atoms with Crippen molar-refractivity contribution in [1.82, 2.24) is 14.9 Å². The summed E-state index contributed by atoms with van der Waals surface area (Å²) in [6.07, 6.45) is 6.79. The van der Waals surface area contributed by atoms with E-state index < -0.39 is 5.60 Å². The predicted molar refractivity (Wildman–Crippen MR) is 116 cm³/mol. The molecule has 0 saturated heterocycles. The van der Waals surface area contributed by atoms with Gasteiger partial charge in [-0.3, -0.25) is 0 Å². The molecule has 164 valence electrons. The third-order valence-electron chi connectivity index (χ3n) is 6.07. The van der Waals surface area contributed by atoms with Crippen LogP contribution < -0.4 is 4.74 Å². The minimum absolute atomic E-state index is 0.0657. The number of carbonyl (C=O) groups is 1. The van der Waals surface area contributed by atoms with Crippen LogP contribution in [0.25, 0.3) is 10.2 Å². The Morgan fingerprint density at radius 3 is 2.63 bits per heavy atom. The Balaban J connectivity index is 1.43. The molecule has 8 heteroatoms. The Labute approximate surface area is 181 Å². The van der Waals surface area contributed by atoms with Crippen LogP contribution in [0.5, 0.6) is 5.88 Å². The molecule has 1 fully saturated rings. The normalized spacial score (nSPS) is 24.0. The molecular weight excluding hydrogens is 402 g/mol. The zero-order valence-corrected chi connectivity index (χ0v) is 19.0. The number of aliphatic hydroxyl groups excluding tert-OH is 1. The number of aromatic nitrogens is 2. The second kappa shape index (κ2) is 8.30. The summed E-state index contributed by atoms with van der Waals surface area (Å²) in [5.74, 6) is 0.794. The van der Waals surface area contributed by atoms with Gasteiger partial charge >= 0.3 is 6.09 Å². The van der Waals surface area contributed by atoms with Gasteiger partial charge in [0.15, 0.2) is 0 Å². The lowest BCUT2D eigenvalue weighted by atomic mass is 9.92. The number of nitrogens with zero attached hydrogens (tertiary/aromatic N) is 3. The molecule has 2 aliphatic rings. The molecule has 0 spiro atoms. The highest BCUT2D eigenvalue weighted by molar-refractivity contribution is 7.19. The van der Waals surface area contributed by atoms with Gasteiger partial charge in [0.1, 0.15) is 22.9 Å². The van der Waals surface area contributed by atoms with Gasteiger partial charge in [-0.25, -0.2) is 14.8 Å². The van der Waals surface area contributed by atoms with E-state index in [1.165, 1.54) is 10.4 Å². The summed E-state index contributed by atoms with van der Waals surface area (Å²) in [5, 5.41) is 10.8. The Morgan fingerprint density at radius 2 is 1.97 bits per heavy atom. The topological polar surface area (TPSA) is 84.8 Å².